The zero-order valence-electron chi connectivity index (χ0n) is 10.4. The van der Waals surface area contributed by atoms with Crippen LogP contribution >= 0.6 is 0 Å². The lowest BCUT2D eigenvalue weighted by Crippen LogP contribution is -2.19. The Morgan fingerprint density at radius 1 is 1.47 bits per heavy atom. The second-order valence-corrected chi connectivity index (χ2v) is 3.96. The number of halogens is 1. The second kappa shape index (κ2) is 6.21. The number of benzene rings is 1. The maximum atomic E-state index is 13.7. The Hall–Kier alpha value is -1.60. The van der Waals surface area contributed by atoms with E-state index in [4.69, 9.17) is 10.00 Å². The number of ether oxygens (including phenoxy) is 1. The van der Waals surface area contributed by atoms with Crippen molar-refractivity contribution in [2.45, 2.75) is 19.4 Å². The molecule has 1 atom stereocenters. The van der Waals surface area contributed by atoms with Gasteiger partial charge in [0.05, 0.1) is 19.1 Å². The average molecular weight is 236 g/mol. The van der Waals surface area contributed by atoms with Crippen LogP contribution in [0.5, 0.6) is 5.75 Å². The molecule has 0 heterocycles. The zero-order chi connectivity index (χ0) is 12.8. The van der Waals surface area contributed by atoms with Crippen molar-refractivity contribution < 1.29 is 9.13 Å². The fourth-order valence-electron chi connectivity index (χ4n) is 1.68. The Morgan fingerprint density at radius 3 is 2.65 bits per heavy atom. The van der Waals surface area contributed by atoms with Gasteiger partial charge in [0.25, 0.3) is 0 Å². The normalized spacial score (nSPS) is 12.2. The van der Waals surface area contributed by atoms with E-state index in [0.29, 0.717) is 13.0 Å². The van der Waals surface area contributed by atoms with Crippen molar-refractivity contribution in [3.8, 4) is 11.8 Å². The summed E-state index contributed by atoms with van der Waals surface area (Å²) in [6, 6.07) is 6.87. The van der Waals surface area contributed by atoms with E-state index in [0.717, 1.165) is 5.56 Å². The molecular weight excluding hydrogens is 219 g/mol. The molecule has 17 heavy (non-hydrogen) atoms. The summed E-state index contributed by atoms with van der Waals surface area (Å²) in [5.74, 6) is -0.125. The Labute approximate surface area is 101 Å². The fourth-order valence-corrected chi connectivity index (χ4v) is 1.68. The highest BCUT2D eigenvalue weighted by Crippen LogP contribution is 2.26. The highest BCUT2D eigenvalue weighted by atomic mass is 19.1. The summed E-state index contributed by atoms with van der Waals surface area (Å²) < 4.78 is 18.8. The molecule has 0 amide bonds. The van der Waals surface area contributed by atoms with Crippen molar-refractivity contribution in [2.24, 2.45) is 0 Å². The van der Waals surface area contributed by atoms with Gasteiger partial charge in [-0.05, 0) is 38.7 Å². The van der Waals surface area contributed by atoms with Gasteiger partial charge in [0.2, 0.25) is 0 Å². The molecule has 0 saturated heterocycles. The van der Waals surface area contributed by atoms with Crippen LogP contribution in [0.15, 0.2) is 18.2 Å². The molecule has 0 bridgehead atoms. The minimum atomic E-state index is -0.380. The number of nitriles is 1. The number of rotatable bonds is 5. The van der Waals surface area contributed by atoms with E-state index in [9.17, 15) is 4.39 Å². The van der Waals surface area contributed by atoms with Crippen LogP contribution in [0.4, 0.5) is 4.39 Å². The van der Waals surface area contributed by atoms with E-state index < -0.39 is 0 Å². The van der Waals surface area contributed by atoms with Gasteiger partial charge in [0.1, 0.15) is 0 Å². The van der Waals surface area contributed by atoms with E-state index in [-0.39, 0.29) is 17.6 Å². The molecule has 0 saturated carbocycles. The summed E-state index contributed by atoms with van der Waals surface area (Å²) in [5.41, 5.74) is 0.789. The summed E-state index contributed by atoms with van der Waals surface area (Å²) in [6.45, 7) is 2.25. The van der Waals surface area contributed by atoms with E-state index in [1.54, 1.807) is 12.1 Å². The SMILES string of the molecule is CCOc1ccc(C(CC#N)N(C)C)cc1F. The van der Waals surface area contributed by atoms with Crippen LogP contribution in [0.25, 0.3) is 0 Å². The van der Waals surface area contributed by atoms with Crippen molar-refractivity contribution in [1.29, 1.82) is 5.26 Å². The predicted octanol–water partition coefficient (Wildman–Crippen LogP) is 2.74. The van der Waals surface area contributed by atoms with Crippen molar-refractivity contribution >= 4 is 0 Å². The molecule has 0 N–H and O–H groups in total. The topological polar surface area (TPSA) is 36.3 Å². The Balaban J connectivity index is 2.98. The molecule has 0 aliphatic carbocycles. The molecule has 0 aliphatic rings. The first-order chi connectivity index (χ1) is 8.10. The summed E-state index contributed by atoms with van der Waals surface area (Å²) >= 11 is 0. The van der Waals surface area contributed by atoms with Gasteiger partial charge in [0.15, 0.2) is 11.6 Å². The van der Waals surface area contributed by atoms with Gasteiger partial charge >= 0.3 is 0 Å². The molecule has 1 aromatic rings. The minimum Gasteiger partial charge on any atom is -0.491 e. The Kier molecular flexibility index (Phi) is 4.92. The molecule has 0 aliphatic heterocycles. The number of nitrogens with zero attached hydrogens (tertiary/aromatic N) is 2. The summed E-state index contributed by atoms with van der Waals surface area (Å²) in [5, 5.41) is 8.76. The lowest BCUT2D eigenvalue weighted by Gasteiger charge is -2.22. The monoisotopic (exact) mass is 236 g/mol. The molecule has 92 valence electrons. The molecule has 1 rings (SSSR count). The molecule has 3 nitrogen and oxygen atoms in total. The summed E-state index contributed by atoms with van der Waals surface area (Å²) in [6.07, 6.45) is 0.334. The van der Waals surface area contributed by atoms with Gasteiger partial charge in [-0.1, -0.05) is 6.07 Å². The first kappa shape index (κ1) is 13.5. The molecule has 4 heteroatoms. The standard InChI is InChI=1S/C13H17FN2O/c1-4-17-13-6-5-10(9-11(13)14)12(7-8-15)16(2)3/h5-6,9,12H,4,7H2,1-3H3. The van der Waals surface area contributed by atoms with Gasteiger partial charge in [0, 0.05) is 6.04 Å². The van der Waals surface area contributed by atoms with Crippen molar-refractivity contribution in [3.63, 3.8) is 0 Å². The van der Waals surface area contributed by atoms with Gasteiger partial charge in [-0.15, -0.1) is 0 Å². The van der Waals surface area contributed by atoms with Crippen LogP contribution < -0.4 is 4.74 Å². The molecular formula is C13H17FN2O. The zero-order valence-corrected chi connectivity index (χ0v) is 10.4. The van der Waals surface area contributed by atoms with E-state index in [1.165, 1.54) is 6.07 Å². The molecule has 1 unspecified atom stereocenters. The first-order valence-electron chi connectivity index (χ1n) is 5.55. The molecule has 1 aromatic carbocycles. The highest BCUT2D eigenvalue weighted by molar-refractivity contribution is 5.31. The third kappa shape index (κ3) is 3.43. The van der Waals surface area contributed by atoms with E-state index >= 15 is 0 Å². The Bertz CT molecular complexity index is 412. The van der Waals surface area contributed by atoms with Gasteiger partial charge in [-0.3, -0.25) is 0 Å². The van der Waals surface area contributed by atoms with Crippen LogP contribution in [0.1, 0.15) is 24.9 Å². The van der Waals surface area contributed by atoms with Gasteiger partial charge < -0.3 is 9.64 Å². The van der Waals surface area contributed by atoms with E-state index in [2.05, 4.69) is 6.07 Å². The van der Waals surface area contributed by atoms with Crippen LogP contribution in [-0.4, -0.2) is 25.6 Å². The van der Waals surface area contributed by atoms with Crippen LogP contribution in [0.3, 0.4) is 0 Å². The van der Waals surface area contributed by atoms with Crippen molar-refractivity contribution in [3.05, 3.63) is 29.6 Å². The predicted molar refractivity (Wildman–Crippen MR) is 64.2 cm³/mol. The summed E-state index contributed by atoms with van der Waals surface area (Å²) in [7, 11) is 3.74. The number of hydrogen-bond acceptors (Lipinski definition) is 3. The fraction of sp³-hybridized carbons (Fsp3) is 0.462. The molecule has 0 aromatic heterocycles. The third-order valence-electron chi connectivity index (χ3n) is 2.55. The maximum absolute atomic E-state index is 13.7. The molecule has 0 fully saturated rings. The van der Waals surface area contributed by atoms with Crippen LogP contribution in [-0.2, 0) is 0 Å². The van der Waals surface area contributed by atoms with Gasteiger partial charge in [-0.25, -0.2) is 4.39 Å². The third-order valence-corrected chi connectivity index (χ3v) is 2.55. The minimum absolute atomic E-state index is 0.0924. The Morgan fingerprint density at radius 2 is 2.18 bits per heavy atom. The molecule has 0 spiro atoms. The van der Waals surface area contributed by atoms with Crippen molar-refractivity contribution in [1.82, 2.24) is 4.90 Å². The maximum Gasteiger partial charge on any atom is 0.165 e. The molecule has 0 radical (unpaired) electrons. The lowest BCUT2D eigenvalue weighted by molar-refractivity contribution is 0.299. The van der Waals surface area contributed by atoms with Crippen LogP contribution in [0, 0.1) is 17.1 Å². The van der Waals surface area contributed by atoms with Gasteiger partial charge in [-0.2, -0.15) is 5.26 Å². The highest BCUT2D eigenvalue weighted by Gasteiger charge is 2.15. The van der Waals surface area contributed by atoms with Crippen molar-refractivity contribution in [2.75, 3.05) is 20.7 Å². The largest absolute Gasteiger partial charge is 0.491 e. The quantitative estimate of drug-likeness (QED) is 0.788. The average Bonchev–Trinajstić information content (AvgIpc) is 2.28. The number of hydrogen-bond donors (Lipinski definition) is 0. The van der Waals surface area contributed by atoms with Crippen LogP contribution in [0.2, 0.25) is 0 Å². The lowest BCUT2D eigenvalue weighted by atomic mass is 10.0. The summed E-state index contributed by atoms with van der Waals surface area (Å²) in [4.78, 5) is 1.90. The first-order valence-corrected chi connectivity index (χ1v) is 5.55. The van der Waals surface area contributed by atoms with E-state index in [1.807, 2.05) is 25.9 Å². The second-order valence-electron chi connectivity index (χ2n) is 3.96. The smallest absolute Gasteiger partial charge is 0.165 e.